The summed E-state index contributed by atoms with van der Waals surface area (Å²) in [5, 5.41) is -0.291. The molecule has 2 rings (SSSR count). The summed E-state index contributed by atoms with van der Waals surface area (Å²) in [7, 11) is 4.10. The molecule has 0 aliphatic rings. The molecule has 0 bridgehead atoms. The molecule has 0 radical (unpaired) electrons. The molecule has 0 N–H and O–H groups in total. The zero-order chi connectivity index (χ0) is 23.9. The van der Waals surface area contributed by atoms with Crippen molar-refractivity contribution >= 4 is 23.5 Å². The van der Waals surface area contributed by atoms with Crippen molar-refractivity contribution in [3.05, 3.63) is 46.6 Å². The molecule has 1 aromatic heterocycles. The number of carbonyl (C=O) groups excluding carboxylic acids is 2. The number of hydrogen-bond donors (Lipinski definition) is 0. The number of esters is 1. The molecule has 1 heterocycles. The summed E-state index contributed by atoms with van der Waals surface area (Å²) in [6.45, 7) is -2.02. The summed E-state index contributed by atoms with van der Waals surface area (Å²) in [5.74, 6) is -0.870. The first-order valence-electron chi connectivity index (χ1n) is 8.99. The van der Waals surface area contributed by atoms with Gasteiger partial charge in [0.15, 0.2) is 6.61 Å². The molecule has 0 aliphatic carbocycles. The number of ether oxygens (including phenoxy) is 4. The summed E-state index contributed by atoms with van der Waals surface area (Å²) >= 11 is 5.93. The third-order valence-electron chi connectivity index (χ3n) is 4.05. The van der Waals surface area contributed by atoms with E-state index in [9.17, 15) is 22.8 Å². The van der Waals surface area contributed by atoms with Gasteiger partial charge in [0.25, 0.3) is 5.91 Å². The molecule has 2 aromatic rings. The van der Waals surface area contributed by atoms with E-state index in [0.29, 0.717) is 17.1 Å². The highest BCUT2D eigenvalue weighted by Gasteiger charge is 2.29. The molecule has 1 aromatic carbocycles. The monoisotopic (exact) mass is 476 g/mol. The maximum Gasteiger partial charge on any atom is 0.422 e. The highest BCUT2D eigenvalue weighted by molar-refractivity contribution is 6.32. The Morgan fingerprint density at radius 1 is 1.06 bits per heavy atom. The van der Waals surface area contributed by atoms with Gasteiger partial charge in [0.1, 0.15) is 23.1 Å². The minimum Gasteiger partial charge on any atom is -0.497 e. The smallest absolute Gasteiger partial charge is 0.422 e. The van der Waals surface area contributed by atoms with Gasteiger partial charge in [0.2, 0.25) is 5.88 Å². The maximum atomic E-state index is 13.0. The van der Waals surface area contributed by atoms with Crippen molar-refractivity contribution in [1.82, 2.24) is 9.88 Å². The van der Waals surface area contributed by atoms with E-state index in [1.165, 1.54) is 21.3 Å². The van der Waals surface area contributed by atoms with Gasteiger partial charge in [-0.1, -0.05) is 11.6 Å². The lowest BCUT2D eigenvalue weighted by molar-refractivity contribution is -0.154. The van der Waals surface area contributed by atoms with Crippen LogP contribution in [0.4, 0.5) is 13.2 Å². The van der Waals surface area contributed by atoms with Crippen LogP contribution in [0.25, 0.3) is 0 Å². The van der Waals surface area contributed by atoms with Crippen LogP contribution in [0.2, 0.25) is 5.02 Å². The molecule has 12 heteroatoms. The number of hydrogen-bond acceptors (Lipinski definition) is 7. The van der Waals surface area contributed by atoms with Crippen molar-refractivity contribution in [2.45, 2.75) is 12.7 Å². The first-order chi connectivity index (χ1) is 15.1. The third-order valence-corrected chi connectivity index (χ3v) is 4.32. The number of amides is 1. The Kier molecular flexibility index (Phi) is 8.53. The molecule has 0 saturated heterocycles. The van der Waals surface area contributed by atoms with Crippen LogP contribution in [-0.2, 0) is 16.1 Å². The Hall–Kier alpha value is -3.21. The fourth-order valence-electron chi connectivity index (χ4n) is 2.58. The van der Waals surface area contributed by atoms with Gasteiger partial charge in [0, 0.05) is 18.8 Å². The van der Waals surface area contributed by atoms with Crippen LogP contribution in [-0.4, -0.2) is 62.4 Å². The summed E-state index contributed by atoms with van der Waals surface area (Å²) in [6, 6.07) is 6.05. The molecule has 8 nitrogen and oxygen atoms in total. The Bertz CT molecular complexity index is 949. The van der Waals surface area contributed by atoms with Crippen molar-refractivity contribution in [1.29, 1.82) is 0 Å². The first kappa shape index (κ1) is 25.1. The van der Waals surface area contributed by atoms with Gasteiger partial charge in [-0.3, -0.25) is 9.59 Å². The van der Waals surface area contributed by atoms with Crippen LogP contribution in [0.15, 0.2) is 30.5 Å². The lowest BCUT2D eigenvalue weighted by atomic mass is 10.1. The Morgan fingerprint density at radius 3 is 2.19 bits per heavy atom. The molecular weight excluding hydrogens is 457 g/mol. The zero-order valence-electron chi connectivity index (χ0n) is 17.4. The standard InChI is InChI=1S/C20H20ClF3N2O6/c1-29-14-4-12(5-15(7-14)30-2)9-26(10-17(27)31-3)19(28)13-6-16(21)18(25-8-13)32-11-20(22,23)24/h4-8H,9-11H2,1-3H3. The molecule has 32 heavy (non-hydrogen) atoms. The van der Waals surface area contributed by atoms with E-state index in [1.807, 2.05) is 0 Å². The quantitative estimate of drug-likeness (QED) is 0.512. The Balaban J connectivity index is 2.30. The minimum atomic E-state index is -4.57. The lowest BCUT2D eigenvalue weighted by Crippen LogP contribution is -2.35. The number of nitrogens with zero attached hydrogens (tertiary/aromatic N) is 2. The lowest BCUT2D eigenvalue weighted by Gasteiger charge is -2.22. The fraction of sp³-hybridized carbons (Fsp3) is 0.350. The first-order valence-corrected chi connectivity index (χ1v) is 9.37. The van der Waals surface area contributed by atoms with E-state index in [1.54, 1.807) is 18.2 Å². The second-order valence-corrected chi connectivity index (χ2v) is 6.78. The molecular formula is C20H20ClF3N2O6. The second kappa shape index (κ2) is 10.9. The van der Waals surface area contributed by atoms with Crippen molar-refractivity contribution in [3.63, 3.8) is 0 Å². The maximum absolute atomic E-state index is 13.0. The number of carbonyl (C=O) groups is 2. The predicted molar refractivity (Wildman–Crippen MR) is 107 cm³/mol. The zero-order valence-corrected chi connectivity index (χ0v) is 18.1. The molecule has 1 amide bonds. The van der Waals surface area contributed by atoms with Crippen LogP contribution in [0, 0.1) is 0 Å². The topological polar surface area (TPSA) is 87.2 Å². The molecule has 0 aliphatic heterocycles. The van der Waals surface area contributed by atoms with E-state index in [4.69, 9.17) is 21.1 Å². The summed E-state index contributed by atoms with van der Waals surface area (Å²) in [6.07, 6.45) is -3.56. The van der Waals surface area contributed by atoms with Crippen LogP contribution in [0.5, 0.6) is 17.4 Å². The van der Waals surface area contributed by atoms with Crippen molar-refractivity contribution < 1.29 is 41.7 Å². The number of alkyl halides is 3. The molecule has 0 saturated carbocycles. The van der Waals surface area contributed by atoms with E-state index < -0.39 is 37.1 Å². The Labute approximate surface area is 186 Å². The van der Waals surface area contributed by atoms with Crippen LogP contribution < -0.4 is 14.2 Å². The van der Waals surface area contributed by atoms with Gasteiger partial charge >= 0.3 is 12.1 Å². The molecule has 0 spiro atoms. The molecule has 0 atom stereocenters. The van der Waals surface area contributed by atoms with Crippen LogP contribution in [0.3, 0.4) is 0 Å². The summed E-state index contributed by atoms with van der Waals surface area (Å²) in [4.78, 5) is 29.7. The fourth-order valence-corrected chi connectivity index (χ4v) is 2.80. The van der Waals surface area contributed by atoms with Gasteiger partial charge in [-0.15, -0.1) is 0 Å². The van der Waals surface area contributed by atoms with E-state index in [-0.39, 0.29) is 17.1 Å². The third kappa shape index (κ3) is 7.19. The average Bonchev–Trinajstić information content (AvgIpc) is 2.76. The van der Waals surface area contributed by atoms with E-state index >= 15 is 0 Å². The van der Waals surface area contributed by atoms with Crippen molar-refractivity contribution in [3.8, 4) is 17.4 Å². The number of benzene rings is 1. The van der Waals surface area contributed by atoms with Gasteiger partial charge in [-0.05, 0) is 23.8 Å². The minimum absolute atomic E-state index is 0.0363. The van der Waals surface area contributed by atoms with Crippen LogP contribution in [0.1, 0.15) is 15.9 Å². The SMILES string of the molecule is COC(=O)CN(Cc1cc(OC)cc(OC)c1)C(=O)c1cnc(OCC(F)(F)F)c(Cl)c1. The van der Waals surface area contributed by atoms with E-state index in [2.05, 4.69) is 14.5 Å². The largest absolute Gasteiger partial charge is 0.497 e. The number of halogens is 4. The molecule has 0 fully saturated rings. The van der Waals surface area contributed by atoms with Crippen molar-refractivity contribution in [2.75, 3.05) is 34.5 Å². The second-order valence-electron chi connectivity index (χ2n) is 6.37. The number of rotatable bonds is 9. The number of pyridine rings is 1. The van der Waals surface area contributed by atoms with Gasteiger partial charge in [0.05, 0.1) is 26.9 Å². The highest BCUT2D eigenvalue weighted by atomic mass is 35.5. The van der Waals surface area contributed by atoms with Crippen molar-refractivity contribution in [2.24, 2.45) is 0 Å². The molecule has 174 valence electrons. The number of methoxy groups -OCH3 is 3. The summed E-state index contributed by atoms with van der Waals surface area (Å²) in [5.41, 5.74) is 0.524. The van der Waals surface area contributed by atoms with E-state index in [0.717, 1.165) is 17.2 Å². The molecule has 0 unspecified atom stereocenters. The van der Waals surface area contributed by atoms with Crippen LogP contribution >= 0.6 is 11.6 Å². The average molecular weight is 477 g/mol. The normalized spacial score (nSPS) is 11.0. The van der Waals surface area contributed by atoms with Gasteiger partial charge in [-0.25, -0.2) is 4.98 Å². The summed E-state index contributed by atoms with van der Waals surface area (Å²) < 4.78 is 56.6. The predicted octanol–water partition coefficient (Wildman–Crippen LogP) is 3.51. The Morgan fingerprint density at radius 2 is 1.69 bits per heavy atom. The highest BCUT2D eigenvalue weighted by Crippen LogP contribution is 2.27. The number of aromatic nitrogens is 1. The van der Waals surface area contributed by atoms with Gasteiger partial charge < -0.3 is 23.8 Å². The van der Waals surface area contributed by atoms with Gasteiger partial charge in [-0.2, -0.15) is 13.2 Å².